The monoisotopic (exact) mass is 351 g/mol. The van der Waals surface area contributed by atoms with Crippen LogP contribution >= 0.6 is 0 Å². The predicted octanol–water partition coefficient (Wildman–Crippen LogP) is 0.651. The lowest BCUT2D eigenvalue weighted by atomic mass is 10.1. The van der Waals surface area contributed by atoms with E-state index in [0.29, 0.717) is 17.5 Å². The van der Waals surface area contributed by atoms with Crippen LogP contribution in [-0.4, -0.2) is 55.8 Å². The molecule has 0 saturated carbocycles. The summed E-state index contributed by atoms with van der Waals surface area (Å²) in [6, 6.07) is 6.54. The van der Waals surface area contributed by atoms with E-state index in [2.05, 4.69) is 0 Å². The number of esters is 1. The highest BCUT2D eigenvalue weighted by molar-refractivity contribution is 7.91. The van der Waals surface area contributed by atoms with Crippen molar-refractivity contribution >= 4 is 27.6 Å². The second-order valence-electron chi connectivity index (χ2n) is 6.00. The Hall–Kier alpha value is -2.22. The van der Waals surface area contributed by atoms with E-state index in [4.69, 9.17) is 4.74 Å². The second-order valence-corrected chi connectivity index (χ2v) is 8.23. The molecule has 0 N–H and O–H groups in total. The second kappa shape index (κ2) is 6.35. The summed E-state index contributed by atoms with van der Waals surface area (Å²) in [4.78, 5) is 37.1. The number of hydrogen-bond donors (Lipinski definition) is 0. The summed E-state index contributed by atoms with van der Waals surface area (Å²) >= 11 is 0. The first-order chi connectivity index (χ1) is 11.4. The van der Waals surface area contributed by atoms with Crippen LogP contribution in [0.1, 0.15) is 33.6 Å². The van der Waals surface area contributed by atoms with Crippen molar-refractivity contribution in [3.63, 3.8) is 0 Å². The Labute approximate surface area is 139 Å². The zero-order valence-corrected chi connectivity index (χ0v) is 13.8. The highest BCUT2D eigenvalue weighted by Crippen LogP contribution is 2.23. The Bertz CT molecular complexity index is 766. The molecule has 1 aromatic rings. The molecule has 0 bridgehead atoms. The summed E-state index contributed by atoms with van der Waals surface area (Å²) in [5, 5.41) is 0. The number of imide groups is 1. The Morgan fingerprint density at radius 3 is 2.33 bits per heavy atom. The van der Waals surface area contributed by atoms with Crippen LogP contribution in [0.5, 0.6) is 0 Å². The molecule has 0 aromatic heterocycles. The molecule has 2 amide bonds. The van der Waals surface area contributed by atoms with Crippen molar-refractivity contribution in [3.8, 4) is 0 Å². The van der Waals surface area contributed by atoms with E-state index in [0.717, 1.165) is 4.90 Å². The molecule has 1 aromatic carbocycles. The van der Waals surface area contributed by atoms with Crippen molar-refractivity contribution in [2.75, 3.05) is 24.7 Å². The minimum absolute atomic E-state index is 0.0128. The van der Waals surface area contributed by atoms with Crippen LogP contribution in [0.25, 0.3) is 0 Å². The number of nitrogens with zero attached hydrogens (tertiary/aromatic N) is 1. The Kier molecular flexibility index (Phi) is 4.40. The van der Waals surface area contributed by atoms with Gasteiger partial charge in [-0.25, -0.2) is 8.42 Å². The number of hydrogen-bond acceptors (Lipinski definition) is 6. The highest BCUT2D eigenvalue weighted by Gasteiger charge is 2.35. The molecule has 1 fully saturated rings. The van der Waals surface area contributed by atoms with Crippen molar-refractivity contribution < 1.29 is 27.5 Å². The first-order valence-electron chi connectivity index (χ1n) is 7.68. The van der Waals surface area contributed by atoms with Crippen molar-refractivity contribution in [2.24, 2.45) is 5.92 Å². The number of sulfone groups is 1. The van der Waals surface area contributed by atoms with Gasteiger partial charge in [0.25, 0.3) is 11.8 Å². The third-order valence-electron chi connectivity index (χ3n) is 4.24. The third kappa shape index (κ3) is 3.33. The van der Waals surface area contributed by atoms with Crippen LogP contribution in [0.3, 0.4) is 0 Å². The molecule has 2 heterocycles. The van der Waals surface area contributed by atoms with Crippen LogP contribution in [0.4, 0.5) is 0 Å². The number of benzene rings is 1. The molecule has 1 saturated heterocycles. The SMILES string of the molecule is O=C(C[C@H]1CCS(=O)(=O)C1)OCCN1C(=O)c2ccccc2C1=O. The van der Waals surface area contributed by atoms with Crippen molar-refractivity contribution in [1.29, 1.82) is 0 Å². The molecule has 7 nitrogen and oxygen atoms in total. The fourth-order valence-corrected chi connectivity index (χ4v) is 4.88. The van der Waals surface area contributed by atoms with Gasteiger partial charge in [-0.3, -0.25) is 19.3 Å². The third-order valence-corrected chi connectivity index (χ3v) is 6.08. The minimum atomic E-state index is -3.03. The number of fused-ring (bicyclic) bond motifs is 1. The summed E-state index contributed by atoms with van der Waals surface area (Å²) in [5.74, 6) is -1.38. The molecule has 1 atom stereocenters. The first-order valence-corrected chi connectivity index (χ1v) is 9.51. The smallest absolute Gasteiger partial charge is 0.306 e. The van der Waals surface area contributed by atoms with Crippen molar-refractivity contribution in [3.05, 3.63) is 35.4 Å². The molecule has 3 rings (SSSR count). The zero-order chi connectivity index (χ0) is 17.3. The van der Waals surface area contributed by atoms with E-state index >= 15 is 0 Å². The largest absolute Gasteiger partial charge is 0.464 e. The maximum absolute atomic E-state index is 12.1. The van der Waals surface area contributed by atoms with E-state index in [9.17, 15) is 22.8 Å². The van der Waals surface area contributed by atoms with Gasteiger partial charge in [-0.15, -0.1) is 0 Å². The molecule has 0 aliphatic carbocycles. The number of ether oxygens (including phenoxy) is 1. The van der Waals surface area contributed by atoms with Gasteiger partial charge >= 0.3 is 5.97 Å². The van der Waals surface area contributed by atoms with Crippen LogP contribution < -0.4 is 0 Å². The number of carbonyl (C=O) groups excluding carboxylic acids is 3. The van der Waals surface area contributed by atoms with E-state index in [1.807, 2.05) is 0 Å². The zero-order valence-electron chi connectivity index (χ0n) is 12.9. The Morgan fingerprint density at radius 1 is 1.17 bits per heavy atom. The molecule has 0 unspecified atom stereocenters. The quantitative estimate of drug-likeness (QED) is 0.571. The lowest BCUT2D eigenvalue weighted by Gasteiger charge is -2.14. The maximum atomic E-state index is 12.1. The fourth-order valence-electron chi connectivity index (χ4n) is 3.02. The van der Waals surface area contributed by atoms with Gasteiger partial charge in [-0.2, -0.15) is 0 Å². The van der Waals surface area contributed by atoms with Gasteiger partial charge in [0.15, 0.2) is 9.84 Å². The van der Waals surface area contributed by atoms with E-state index in [1.54, 1.807) is 24.3 Å². The lowest BCUT2D eigenvalue weighted by molar-refractivity contribution is -0.144. The molecule has 2 aliphatic heterocycles. The maximum Gasteiger partial charge on any atom is 0.306 e. The number of rotatable bonds is 5. The summed E-state index contributed by atoms with van der Waals surface area (Å²) in [6.45, 7) is -0.106. The van der Waals surface area contributed by atoms with Gasteiger partial charge in [0.1, 0.15) is 6.61 Å². The minimum Gasteiger partial charge on any atom is -0.464 e. The summed E-state index contributed by atoms with van der Waals surface area (Å²) in [7, 11) is -3.03. The van der Waals surface area contributed by atoms with Crippen LogP contribution in [-0.2, 0) is 19.4 Å². The molecule has 0 spiro atoms. The van der Waals surface area contributed by atoms with Gasteiger partial charge in [-0.1, -0.05) is 12.1 Å². The average molecular weight is 351 g/mol. The molecule has 128 valence electrons. The Balaban J connectivity index is 1.48. The van der Waals surface area contributed by atoms with Gasteiger partial charge < -0.3 is 4.74 Å². The highest BCUT2D eigenvalue weighted by atomic mass is 32.2. The van der Waals surface area contributed by atoms with Crippen LogP contribution in [0.2, 0.25) is 0 Å². The van der Waals surface area contributed by atoms with Crippen LogP contribution in [0.15, 0.2) is 24.3 Å². The fraction of sp³-hybridized carbons (Fsp3) is 0.438. The number of amides is 2. The molecule has 8 heteroatoms. The van der Waals surface area contributed by atoms with E-state index in [1.165, 1.54) is 0 Å². The molecule has 24 heavy (non-hydrogen) atoms. The van der Waals surface area contributed by atoms with Gasteiger partial charge in [0, 0.05) is 6.42 Å². The first kappa shape index (κ1) is 16.6. The Morgan fingerprint density at radius 2 is 1.79 bits per heavy atom. The molecule has 0 radical (unpaired) electrons. The molecular formula is C16H17NO6S. The normalized spacial score (nSPS) is 21.8. The summed E-state index contributed by atoms with van der Waals surface area (Å²) in [5.41, 5.74) is 0.704. The summed E-state index contributed by atoms with van der Waals surface area (Å²) in [6.07, 6.45) is 0.511. The van der Waals surface area contributed by atoms with E-state index in [-0.39, 0.29) is 37.0 Å². The van der Waals surface area contributed by atoms with Gasteiger partial charge in [0.05, 0.1) is 29.2 Å². The van der Waals surface area contributed by atoms with Gasteiger partial charge in [0.2, 0.25) is 0 Å². The van der Waals surface area contributed by atoms with Crippen molar-refractivity contribution in [1.82, 2.24) is 4.90 Å². The average Bonchev–Trinajstić information content (AvgIpc) is 2.99. The van der Waals surface area contributed by atoms with Crippen LogP contribution in [0, 0.1) is 5.92 Å². The molecule has 2 aliphatic rings. The van der Waals surface area contributed by atoms with Crippen molar-refractivity contribution in [2.45, 2.75) is 12.8 Å². The number of carbonyl (C=O) groups is 3. The van der Waals surface area contributed by atoms with Gasteiger partial charge in [-0.05, 0) is 24.5 Å². The van der Waals surface area contributed by atoms with E-state index < -0.39 is 27.6 Å². The standard InChI is InChI=1S/C16H17NO6S/c18-14(9-11-5-8-24(21,22)10-11)23-7-6-17-15(19)12-3-1-2-4-13(12)16(17)20/h1-4,11H,5-10H2/t11-/m1/s1. The topological polar surface area (TPSA) is 97.8 Å². The summed E-state index contributed by atoms with van der Waals surface area (Å²) < 4.78 is 27.8. The lowest BCUT2D eigenvalue weighted by Crippen LogP contribution is -2.33. The predicted molar refractivity (Wildman–Crippen MR) is 84.1 cm³/mol. The molecular weight excluding hydrogens is 334 g/mol.